The van der Waals surface area contributed by atoms with Gasteiger partial charge in [-0.3, -0.25) is 4.79 Å². The Hall–Kier alpha value is -0.750. The molecule has 2 rings (SSSR count). The summed E-state index contributed by atoms with van der Waals surface area (Å²) in [6, 6.07) is 3.26. The smallest absolute Gasteiger partial charge is 0.348 e. The fraction of sp³-hybridized carbons (Fsp3) is 0.500. The lowest BCUT2D eigenvalue weighted by atomic mass is 9.94. The number of rotatable bonds is 2. The molecule has 1 aliphatic rings. The first-order chi connectivity index (χ1) is 9.79. The Bertz CT molecular complexity index is 535. The van der Waals surface area contributed by atoms with Crippen molar-refractivity contribution >= 4 is 33.4 Å². The number of halogens is 5. The maximum Gasteiger partial charge on any atom is 0.417 e. The number of hydrogen-bond donors (Lipinski definition) is 1. The summed E-state index contributed by atoms with van der Waals surface area (Å²) in [5.41, 5.74) is -0.874. The first kappa shape index (κ1) is 16.6. The Balaban J connectivity index is 2.16. The average molecular weight is 385 g/mol. The van der Waals surface area contributed by atoms with Crippen LogP contribution in [0.15, 0.2) is 22.7 Å². The lowest BCUT2D eigenvalue weighted by molar-refractivity contribution is -0.138. The van der Waals surface area contributed by atoms with Gasteiger partial charge in [0.2, 0.25) is 0 Å². The lowest BCUT2D eigenvalue weighted by Crippen LogP contribution is -2.42. The number of carbonyl (C=O) groups is 1. The summed E-state index contributed by atoms with van der Waals surface area (Å²) >= 11 is 8.99. The fourth-order valence-electron chi connectivity index (χ4n) is 2.38. The van der Waals surface area contributed by atoms with Crippen LogP contribution in [-0.2, 0) is 6.18 Å². The van der Waals surface area contributed by atoms with Crippen molar-refractivity contribution in [2.45, 2.75) is 43.3 Å². The van der Waals surface area contributed by atoms with Gasteiger partial charge in [0.15, 0.2) is 0 Å². The molecule has 1 fully saturated rings. The third-order valence-electron chi connectivity index (χ3n) is 3.53. The molecule has 1 aromatic carbocycles. The number of benzene rings is 1. The Labute approximate surface area is 134 Å². The van der Waals surface area contributed by atoms with E-state index in [1.165, 1.54) is 12.1 Å². The van der Waals surface area contributed by atoms with Gasteiger partial charge in [0.1, 0.15) is 0 Å². The molecule has 2 atom stereocenters. The molecule has 0 bridgehead atoms. The van der Waals surface area contributed by atoms with E-state index < -0.39 is 17.6 Å². The van der Waals surface area contributed by atoms with Crippen molar-refractivity contribution in [1.82, 2.24) is 5.32 Å². The van der Waals surface area contributed by atoms with Gasteiger partial charge in [-0.1, -0.05) is 28.8 Å². The number of amides is 1. The molecule has 0 spiro atoms. The van der Waals surface area contributed by atoms with Crippen molar-refractivity contribution in [1.29, 1.82) is 0 Å². The van der Waals surface area contributed by atoms with Crippen molar-refractivity contribution in [3.05, 3.63) is 33.8 Å². The summed E-state index contributed by atoms with van der Waals surface area (Å²) in [4.78, 5) is 12.1. The predicted octanol–water partition coefficient (Wildman–Crippen LogP) is 4.75. The first-order valence-electron chi connectivity index (χ1n) is 6.60. The topological polar surface area (TPSA) is 29.1 Å². The number of carbonyl (C=O) groups excluding carboxylic acids is 1. The molecule has 0 radical (unpaired) electrons. The third kappa shape index (κ3) is 4.13. The van der Waals surface area contributed by atoms with E-state index in [0.717, 1.165) is 31.7 Å². The van der Waals surface area contributed by atoms with Crippen LogP contribution >= 0.6 is 27.5 Å². The van der Waals surface area contributed by atoms with Crippen molar-refractivity contribution in [3.63, 3.8) is 0 Å². The van der Waals surface area contributed by atoms with Gasteiger partial charge in [-0.2, -0.15) is 13.2 Å². The van der Waals surface area contributed by atoms with Crippen LogP contribution in [0.1, 0.15) is 41.6 Å². The minimum Gasteiger partial charge on any atom is -0.348 e. The molecule has 0 saturated heterocycles. The molecule has 7 heteroatoms. The van der Waals surface area contributed by atoms with Crippen LogP contribution in [0.2, 0.25) is 0 Å². The Morgan fingerprint density at radius 2 is 1.95 bits per heavy atom. The molecular formula is C14H14BrClF3NO. The largest absolute Gasteiger partial charge is 0.417 e. The van der Waals surface area contributed by atoms with Gasteiger partial charge < -0.3 is 5.32 Å². The Kier molecular flexibility index (Phi) is 5.20. The lowest BCUT2D eigenvalue weighted by Gasteiger charge is -2.28. The van der Waals surface area contributed by atoms with Crippen LogP contribution in [0.3, 0.4) is 0 Å². The summed E-state index contributed by atoms with van der Waals surface area (Å²) in [5, 5.41) is 2.56. The molecule has 1 N–H and O–H groups in total. The Morgan fingerprint density at radius 3 is 2.57 bits per heavy atom. The van der Waals surface area contributed by atoms with Gasteiger partial charge in [-0.15, -0.1) is 11.6 Å². The second-order valence-corrected chi connectivity index (χ2v) is 6.49. The summed E-state index contributed by atoms with van der Waals surface area (Å²) < 4.78 is 38.4. The maximum absolute atomic E-state index is 12.8. The van der Waals surface area contributed by atoms with Crippen LogP contribution in [0.5, 0.6) is 0 Å². The van der Waals surface area contributed by atoms with Gasteiger partial charge in [-0.05, 0) is 31.0 Å². The number of nitrogens with one attached hydrogen (secondary N) is 1. The van der Waals surface area contributed by atoms with Crippen LogP contribution in [0.25, 0.3) is 0 Å². The quantitative estimate of drug-likeness (QED) is 0.733. The van der Waals surface area contributed by atoms with E-state index >= 15 is 0 Å². The van der Waals surface area contributed by atoms with E-state index in [1.807, 2.05) is 0 Å². The molecule has 1 amide bonds. The van der Waals surface area contributed by atoms with E-state index in [-0.39, 0.29) is 21.5 Å². The fourth-order valence-corrected chi connectivity index (χ4v) is 3.20. The second kappa shape index (κ2) is 6.57. The normalized spacial score (nSPS) is 22.9. The summed E-state index contributed by atoms with van der Waals surface area (Å²) in [6.07, 6.45) is -0.975. The van der Waals surface area contributed by atoms with Crippen LogP contribution in [0, 0.1) is 0 Å². The molecule has 1 aliphatic carbocycles. The minimum absolute atomic E-state index is 0.0139. The molecule has 21 heavy (non-hydrogen) atoms. The highest BCUT2D eigenvalue weighted by Gasteiger charge is 2.34. The van der Waals surface area contributed by atoms with E-state index in [0.29, 0.717) is 0 Å². The molecule has 0 aromatic heterocycles. The second-order valence-electron chi connectivity index (χ2n) is 5.07. The first-order valence-corrected chi connectivity index (χ1v) is 7.83. The SMILES string of the molecule is O=C(NC1CCCCC1Cl)c1ccc(Br)c(C(F)(F)F)c1. The van der Waals surface area contributed by atoms with E-state index in [2.05, 4.69) is 21.2 Å². The average Bonchev–Trinajstić information content (AvgIpc) is 2.40. The zero-order valence-electron chi connectivity index (χ0n) is 11.0. The molecule has 1 aromatic rings. The van der Waals surface area contributed by atoms with Gasteiger partial charge >= 0.3 is 6.18 Å². The van der Waals surface area contributed by atoms with Gasteiger partial charge in [0.25, 0.3) is 5.91 Å². The van der Waals surface area contributed by atoms with Crippen molar-refractivity contribution in [2.24, 2.45) is 0 Å². The monoisotopic (exact) mass is 383 g/mol. The van der Waals surface area contributed by atoms with E-state index in [1.54, 1.807) is 0 Å². The van der Waals surface area contributed by atoms with Gasteiger partial charge in [0.05, 0.1) is 10.9 Å². The third-order valence-corrected chi connectivity index (χ3v) is 4.75. The molecule has 1 saturated carbocycles. The maximum atomic E-state index is 12.8. The van der Waals surface area contributed by atoms with E-state index in [9.17, 15) is 18.0 Å². The van der Waals surface area contributed by atoms with Crippen molar-refractivity contribution < 1.29 is 18.0 Å². The summed E-state index contributed by atoms with van der Waals surface area (Å²) in [7, 11) is 0. The van der Waals surface area contributed by atoms with Crippen LogP contribution < -0.4 is 5.32 Å². The standard InChI is InChI=1S/C14H14BrClF3NO/c15-10-6-5-8(7-9(10)14(17,18)19)13(21)20-12-4-2-1-3-11(12)16/h5-7,11-12H,1-4H2,(H,20,21). The summed E-state index contributed by atoms with van der Waals surface area (Å²) in [5.74, 6) is -0.523. The molecule has 2 nitrogen and oxygen atoms in total. The van der Waals surface area contributed by atoms with Crippen LogP contribution in [-0.4, -0.2) is 17.3 Å². The highest BCUT2D eigenvalue weighted by Crippen LogP contribution is 2.35. The van der Waals surface area contributed by atoms with Crippen LogP contribution in [0.4, 0.5) is 13.2 Å². The predicted molar refractivity (Wildman–Crippen MR) is 78.5 cm³/mol. The van der Waals surface area contributed by atoms with Crippen molar-refractivity contribution in [3.8, 4) is 0 Å². The van der Waals surface area contributed by atoms with Crippen molar-refractivity contribution in [2.75, 3.05) is 0 Å². The number of alkyl halides is 4. The number of hydrogen-bond acceptors (Lipinski definition) is 1. The minimum atomic E-state index is -4.50. The highest BCUT2D eigenvalue weighted by molar-refractivity contribution is 9.10. The molecule has 116 valence electrons. The van der Waals surface area contributed by atoms with E-state index in [4.69, 9.17) is 11.6 Å². The molecule has 2 unspecified atom stereocenters. The molecule has 0 heterocycles. The zero-order chi connectivity index (χ0) is 15.6. The molecule has 0 aliphatic heterocycles. The Morgan fingerprint density at radius 1 is 1.29 bits per heavy atom. The van der Waals surface area contributed by atoms with Gasteiger partial charge in [0, 0.05) is 16.1 Å². The van der Waals surface area contributed by atoms with Gasteiger partial charge in [-0.25, -0.2) is 0 Å². The highest BCUT2D eigenvalue weighted by atomic mass is 79.9. The zero-order valence-corrected chi connectivity index (χ0v) is 13.4. The summed E-state index contributed by atoms with van der Waals surface area (Å²) in [6.45, 7) is 0. The molecular weight excluding hydrogens is 371 g/mol.